The van der Waals surface area contributed by atoms with E-state index in [4.69, 9.17) is 11.6 Å². The first-order valence-electron chi connectivity index (χ1n) is 5.99. The minimum Gasteiger partial charge on any atom is -0.311 e. The molecule has 0 aliphatic carbocycles. The van der Waals surface area contributed by atoms with Crippen molar-refractivity contribution in [2.45, 2.75) is 19.9 Å². The summed E-state index contributed by atoms with van der Waals surface area (Å²) in [5, 5.41) is 3.41. The predicted octanol–water partition coefficient (Wildman–Crippen LogP) is 2.69. The normalized spacial score (nSPS) is 13.1. The largest absolute Gasteiger partial charge is 0.311 e. The van der Waals surface area contributed by atoms with Crippen LogP contribution in [0.3, 0.4) is 0 Å². The minimum atomic E-state index is 0.615. The summed E-state index contributed by atoms with van der Waals surface area (Å²) in [5.74, 6) is 1.35. The van der Waals surface area contributed by atoms with Crippen molar-refractivity contribution < 1.29 is 0 Å². The number of nitrogens with one attached hydrogen (secondary N) is 1. The number of imidazole rings is 1. The van der Waals surface area contributed by atoms with E-state index >= 15 is 0 Å². The molecular formula is C13H18ClN3. The van der Waals surface area contributed by atoms with Gasteiger partial charge in [0, 0.05) is 24.8 Å². The van der Waals surface area contributed by atoms with Gasteiger partial charge in [-0.3, -0.25) is 0 Å². The molecule has 2 heterocycles. The van der Waals surface area contributed by atoms with Gasteiger partial charge in [0.25, 0.3) is 0 Å². The molecule has 1 N–H and O–H groups in total. The lowest BCUT2D eigenvalue weighted by Gasteiger charge is -2.09. The zero-order chi connectivity index (χ0) is 12.1. The first-order chi connectivity index (χ1) is 8.29. The van der Waals surface area contributed by atoms with E-state index in [1.165, 1.54) is 0 Å². The standard InChI is InChI=1S/C13H18ClN3/c1-11(5-6-14)8-15-9-12-10-17-7-3-2-4-13(17)16-12/h2-4,7,10-11,15H,5-6,8-9H2,1H3. The van der Waals surface area contributed by atoms with Gasteiger partial charge in [-0.25, -0.2) is 4.98 Å². The lowest BCUT2D eigenvalue weighted by Crippen LogP contribution is -2.21. The van der Waals surface area contributed by atoms with Crippen LogP contribution >= 0.6 is 11.6 Å². The molecule has 1 unspecified atom stereocenters. The highest BCUT2D eigenvalue weighted by atomic mass is 35.5. The Labute approximate surface area is 107 Å². The van der Waals surface area contributed by atoms with Crippen LogP contribution in [0, 0.1) is 5.92 Å². The van der Waals surface area contributed by atoms with Gasteiger partial charge >= 0.3 is 0 Å². The molecule has 0 fully saturated rings. The van der Waals surface area contributed by atoms with Crippen molar-refractivity contribution in [1.29, 1.82) is 0 Å². The fraction of sp³-hybridized carbons (Fsp3) is 0.462. The van der Waals surface area contributed by atoms with Crippen molar-refractivity contribution in [2.75, 3.05) is 12.4 Å². The SMILES string of the molecule is CC(CCCl)CNCc1cn2ccccc2n1. The third-order valence-electron chi connectivity index (χ3n) is 2.81. The van der Waals surface area contributed by atoms with E-state index in [0.717, 1.165) is 36.7 Å². The number of nitrogens with zero attached hydrogens (tertiary/aromatic N) is 2. The Kier molecular flexibility index (Phi) is 4.40. The van der Waals surface area contributed by atoms with Gasteiger partial charge in [-0.1, -0.05) is 13.0 Å². The molecule has 0 saturated heterocycles. The molecule has 0 bridgehead atoms. The smallest absolute Gasteiger partial charge is 0.137 e. The molecule has 0 radical (unpaired) electrons. The quantitative estimate of drug-likeness (QED) is 0.800. The van der Waals surface area contributed by atoms with E-state index < -0.39 is 0 Å². The van der Waals surface area contributed by atoms with Gasteiger partial charge < -0.3 is 9.72 Å². The second-order valence-electron chi connectivity index (χ2n) is 4.41. The fourth-order valence-corrected chi connectivity index (χ4v) is 2.18. The third-order valence-corrected chi connectivity index (χ3v) is 3.03. The number of hydrogen-bond donors (Lipinski definition) is 1. The average Bonchev–Trinajstić information content (AvgIpc) is 2.71. The number of alkyl halides is 1. The maximum Gasteiger partial charge on any atom is 0.137 e. The lowest BCUT2D eigenvalue weighted by molar-refractivity contribution is 0.500. The number of pyridine rings is 1. The van der Waals surface area contributed by atoms with Crippen LogP contribution in [0.2, 0.25) is 0 Å². The van der Waals surface area contributed by atoms with Crippen molar-refractivity contribution in [1.82, 2.24) is 14.7 Å². The monoisotopic (exact) mass is 251 g/mol. The summed E-state index contributed by atoms with van der Waals surface area (Å²) < 4.78 is 2.04. The van der Waals surface area contributed by atoms with Gasteiger partial charge in [0.15, 0.2) is 0 Å². The van der Waals surface area contributed by atoms with Crippen LogP contribution in [0.25, 0.3) is 5.65 Å². The van der Waals surface area contributed by atoms with Gasteiger partial charge in [0.05, 0.1) is 5.69 Å². The molecule has 4 heteroatoms. The fourth-order valence-electron chi connectivity index (χ4n) is 1.81. The molecule has 0 aliphatic rings. The van der Waals surface area contributed by atoms with Crippen molar-refractivity contribution in [3.05, 3.63) is 36.3 Å². The van der Waals surface area contributed by atoms with Crippen LogP contribution in [0.5, 0.6) is 0 Å². The number of halogens is 1. The summed E-state index contributed by atoms with van der Waals surface area (Å²) in [4.78, 5) is 4.53. The molecule has 17 heavy (non-hydrogen) atoms. The van der Waals surface area contributed by atoms with Crippen LogP contribution in [0.15, 0.2) is 30.6 Å². The third kappa shape index (κ3) is 3.45. The van der Waals surface area contributed by atoms with Crippen LogP contribution < -0.4 is 5.32 Å². The van der Waals surface area contributed by atoms with Gasteiger partial charge in [-0.2, -0.15) is 0 Å². The zero-order valence-electron chi connectivity index (χ0n) is 10.1. The summed E-state index contributed by atoms with van der Waals surface area (Å²) in [6, 6.07) is 6.02. The van der Waals surface area contributed by atoms with Gasteiger partial charge in [-0.05, 0) is 31.0 Å². The molecule has 0 aliphatic heterocycles. The van der Waals surface area contributed by atoms with Crippen molar-refractivity contribution in [3.63, 3.8) is 0 Å². The molecule has 2 aromatic rings. The van der Waals surface area contributed by atoms with E-state index in [-0.39, 0.29) is 0 Å². The molecule has 2 aromatic heterocycles. The van der Waals surface area contributed by atoms with Crippen LogP contribution in [0.1, 0.15) is 19.0 Å². The van der Waals surface area contributed by atoms with Crippen LogP contribution in [0.4, 0.5) is 0 Å². The van der Waals surface area contributed by atoms with Gasteiger partial charge in [-0.15, -0.1) is 11.6 Å². The van der Waals surface area contributed by atoms with E-state index in [1.807, 2.05) is 28.8 Å². The molecule has 0 saturated carbocycles. The first-order valence-corrected chi connectivity index (χ1v) is 6.52. The Morgan fingerprint density at radius 3 is 3.12 bits per heavy atom. The highest BCUT2D eigenvalue weighted by Crippen LogP contribution is 2.05. The Balaban J connectivity index is 1.86. The molecular weight excluding hydrogens is 234 g/mol. The number of aromatic nitrogens is 2. The summed E-state index contributed by atoms with van der Waals surface area (Å²) in [6.45, 7) is 4.01. The number of fused-ring (bicyclic) bond motifs is 1. The van der Waals surface area contributed by atoms with Crippen molar-refractivity contribution in [3.8, 4) is 0 Å². The molecule has 2 rings (SSSR count). The second kappa shape index (κ2) is 6.03. The summed E-state index contributed by atoms with van der Waals surface area (Å²) in [7, 11) is 0. The van der Waals surface area contributed by atoms with Crippen LogP contribution in [-0.2, 0) is 6.54 Å². The topological polar surface area (TPSA) is 29.3 Å². The van der Waals surface area contributed by atoms with Crippen molar-refractivity contribution >= 4 is 17.2 Å². The van der Waals surface area contributed by atoms with E-state index in [1.54, 1.807) is 0 Å². The molecule has 0 amide bonds. The van der Waals surface area contributed by atoms with Crippen molar-refractivity contribution in [2.24, 2.45) is 5.92 Å². The average molecular weight is 252 g/mol. The van der Waals surface area contributed by atoms with Gasteiger partial charge in [0.1, 0.15) is 5.65 Å². The molecule has 0 aromatic carbocycles. The highest BCUT2D eigenvalue weighted by Gasteiger charge is 2.03. The lowest BCUT2D eigenvalue weighted by atomic mass is 10.1. The van der Waals surface area contributed by atoms with Gasteiger partial charge in [0.2, 0.25) is 0 Å². The number of rotatable bonds is 6. The maximum atomic E-state index is 5.70. The molecule has 3 nitrogen and oxygen atoms in total. The molecule has 0 spiro atoms. The minimum absolute atomic E-state index is 0.615. The van der Waals surface area contributed by atoms with Crippen LogP contribution in [-0.4, -0.2) is 21.8 Å². The van der Waals surface area contributed by atoms with E-state index in [0.29, 0.717) is 5.92 Å². The Morgan fingerprint density at radius 2 is 2.35 bits per heavy atom. The molecule has 1 atom stereocenters. The predicted molar refractivity (Wildman–Crippen MR) is 71.4 cm³/mol. The Hall–Kier alpha value is -1.06. The summed E-state index contributed by atoms with van der Waals surface area (Å²) in [6.07, 6.45) is 5.14. The maximum absolute atomic E-state index is 5.70. The second-order valence-corrected chi connectivity index (χ2v) is 4.79. The first kappa shape index (κ1) is 12.4. The Bertz CT molecular complexity index is 433. The molecule has 92 valence electrons. The van der Waals surface area contributed by atoms with E-state index in [2.05, 4.69) is 23.4 Å². The number of hydrogen-bond acceptors (Lipinski definition) is 2. The summed E-state index contributed by atoms with van der Waals surface area (Å²) in [5.41, 5.74) is 2.08. The zero-order valence-corrected chi connectivity index (χ0v) is 10.8. The van der Waals surface area contributed by atoms with E-state index in [9.17, 15) is 0 Å². The summed E-state index contributed by atoms with van der Waals surface area (Å²) >= 11 is 5.70. The Morgan fingerprint density at radius 1 is 1.47 bits per heavy atom. The highest BCUT2D eigenvalue weighted by molar-refractivity contribution is 6.17.